The third-order valence-electron chi connectivity index (χ3n) is 3.42. The van der Waals surface area contributed by atoms with Crippen LogP contribution >= 0.6 is 11.6 Å². The lowest BCUT2D eigenvalue weighted by atomic mass is 10.3. The molecule has 4 nitrogen and oxygen atoms in total. The van der Waals surface area contributed by atoms with Crippen LogP contribution in [-0.4, -0.2) is 35.8 Å². The van der Waals surface area contributed by atoms with Gasteiger partial charge in [0.1, 0.15) is 16.8 Å². The van der Waals surface area contributed by atoms with E-state index in [4.69, 9.17) is 16.3 Å². The summed E-state index contributed by atoms with van der Waals surface area (Å²) in [6.45, 7) is 4.77. The maximum atomic E-state index is 6.11. The summed E-state index contributed by atoms with van der Waals surface area (Å²) in [5.74, 6) is 2.40. The molecule has 0 bridgehead atoms. The van der Waals surface area contributed by atoms with Crippen LogP contribution in [0.25, 0.3) is 0 Å². The van der Waals surface area contributed by atoms with Crippen molar-refractivity contribution < 1.29 is 4.74 Å². The minimum Gasteiger partial charge on any atom is -0.377 e. The number of ether oxygens (including phenoxy) is 1. The SMILES string of the molecule is CC1CN(c2cc(Cl)nc(C3CC3)n2)CCCO1. The normalized spacial score (nSPS) is 25.0. The molecule has 2 aliphatic rings. The van der Waals surface area contributed by atoms with Gasteiger partial charge < -0.3 is 9.64 Å². The third kappa shape index (κ3) is 2.75. The molecule has 3 rings (SSSR count). The van der Waals surface area contributed by atoms with Gasteiger partial charge >= 0.3 is 0 Å². The molecule has 1 atom stereocenters. The molecular formula is C13H18ClN3O. The van der Waals surface area contributed by atoms with Crippen LogP contribution in [0.2, 0.25) is 5.15 Å². The number of rotatable bonds is 2. The molecule has 1 saturated carbocycles. The van der Waals surface area contributed by atoms with Crippen LogP contribution < -0.4 is 4.90 Å². The van der Waals surface area contributed by atoms with Gasteiger partial charge in [-0.05, 0) is 26.2 Å². The summed E-state index contributed by atoms with van der Waals surface area (Å²) in [5.41, 5.74) is 0. The Balaban J connectivity index is 1.85. The Kier molecular flexibility index (Phi) is 3.39. The fourth-order valence-corrected chi connectivity index (χ4v) is 2.50. The van der Waals surface area contributed by atoms with Crippen molar-refractivity contribution in [1.29, 1.82) is 0 Å². The van der Waals surface area contributed by atoms with E-state index in [0.29, 0.717) is 11.1 Å². The van der Waals surface area contributed by atoms with E-state index in [1.165, 1.54) is 12.8 Å². The number of hydrogen-bond donors (Lipinski definition) is 0. The first-order valence-corrected chi connectivity index (χ1v) is 7.01. The molecule has 98 valence electrons. The molecule has 2 heterocycles. The molecule has 1 saturated heterocycles. The molecule has 5 heteroatoms. The molecule has 1 aromatic rings. The lowest BCUT2D eigenvalue weighted by Gasteiger charge is -2.23. The average molecular weight is 268 g/mol. The van der Waals surface area contributed by atoms with Gasteiger partial charge in [-0.25, -0.2) is 9.97 Å². The highest BCUT2D eigenvalue weighted by Gasteiger charge is 2.28. The third-order valence-corrected chi connectivity index (χ3v) is 3.61. The molecule has 0 spiro atoms. The van der Waals surface area contributed by atoms with Gasteiger partial charge in [-0.3, -0.25) is 0 Å². The Morgan fingerprint density at radius 2 is 2.22 bits per heavy atom. The molecule has 1 aromatic heterocycles. The van der Waals surface area contributed by atoms with Gasteiger partial charge in [-0.1, -0.05) is 11.6 Å². The zero-order chi connectivity index (χ0) is 12.5. The zero-order valence-corrected chi connectivity index (χ0v) is 11.4. The van der Waals surface area contributed by atoms with Gasteiger partial charge in [-0.2, -0.15) is 0 Å². The second-order valence-corrected chi connectivity index (χ2v) is 5.55. The van der Waals surface area contributed by atoms with Crippen molar-refractivity contribution >= 4 is 17.4 Å². The van der Waals surface area contributed by atoms with Crippen molar-refractivity contribution in [3.63, 3.8) is 0 Å². The van der Waals surface area contributed by atoms with Gasteiger partial charge in [0.15, 0.2) is 0 Å². The second kappa shape index (κ2) is 5.02. The smallest absolute Gasteiger partial charge is 0.135 e. The predicted molar refractivity (Wildman–Crippen MR) is 71.3 cm³/mol. The summed E-state index contributed by atoms with van der Waals surface area (Å²) in [6, 6.07) is 1.87. The summed E-state index contributed by atoms with van der Waals surface area (Å²) in [5, 5.41) is 0.555. The van der Waals surface area contributed by atoms with Gasteiger partial charge in [-0.15, -0.1) is 0 Å². The Hall–Kier alpha value is -0.870. The molecule has 1 aliphatic carbocycles. The Morgan fingerprint density at radius 1 is 1.39 bits per heavy atom. The number of anilines is 1. The van der Waals surface area contributed by atoms with Crippen LogP contribution in [0.1, 0.15) is 37.9 Å². The first-order valence-electron chi connectivity index (χ1n) is 6.63. The summed E-state index contributed by atoms with van der Waals surface area (Å²) < 4.78 is 5.66. The van der Waals surface area contributed by atoms with Gasteiger partial charge in [0.05, 0.1) is 6.10 Å². The molecule has 1 aliphatic heterocycles. The first kappa shape index (κ1) is 12.2. The summed E-state index contributed by atoms with van der Waals surface area (Å²) in [7, 11) is 0. The lowest BCUT2D eigenvalue weighted by Crippen LogP contribution is -2.31. The molecular weight excluding hydrogens is 250 g/mol. The van der Waals surface area contributed by atoms with Crippen molar-refractivity contribution in [2.75, 3.05) is 24.6 Å². The van der Waals surface area contributed by atoms with Gasteiger partial charge in [0, 0.05) is 31.7 Å². The monoisotopic (exact) mass is 267 g/mol. The van der Waals surface area contributed by atoms with E-state index < -0.39 is 0 Å². The zero-order valence-electron chi connectivity index (χ0n) is 10.6. The van der Waals surface area contributed by atoms with E-state index in [-0.39, 0.29) is 6.10 Å². The predicted octanol–water partition coefficient (Wildman–Crippen LogP) is 2.62. The van der Waals surface area contributed by atoms with E-state index in [0.717, 1.165) is 37.8 Å². The van der Waals surface area contributed by atoms with Crippen LogP contribution in [-0.2, 0) is 4.74 Å². The number of aromatic nitrogens is 2. The van der Waals surface area contributed by atoms with Crippen molar-refractivity contribution in [1.82, 2.24) is 9.97 Å². The van der Waals surface area contributed by atoms with Crippen LogP contribution in [0.4, 0.5) is 5.82 Å². The Bertz CT molecular complexity index is 436. The Labute approximate surface area is 112 Å². The first-order chi connectivity index (χ1) is 8.72. The quantitative estimate of drug-likeness (QED) is 0.772. The van der Waals surface area contributed by atoms with Crippen LogP contribution in [0.5, 0.6) is 0 Å². The minimum atomic E-state index is 0.241. The molecule has 2 fully saturated rings. The summed E-state index contributed by atoms with van der Waals surface area (Å²) >= 11 is 6.11. The lowest BCUT2D eigenvalue weighted by molar-refractivity contribution is 0.0820. The highest BCUT2D eigenvalue weighted by Crippen LogP contribution is 2.39. The standard InChI is InChI=1S/C13H18ClN3O/c1-9-8-17(5-2-6-18-9)12-7-11(14)15-13(16-12)10-3-4-10/h7,9-10H,2-6,8H2,1H3. The number of hydrogen-bond acceptors (Lipinski definition) is 4. The van der Waals surface area contributed by atoms with E-state index >= 15 is 0 Å². The molecule has 18 heavy (non-hydrogen) atoms. The van der Waals surface area contributed by atoms with Gasteiger partial charge in [0.25, 0.3) is 0 Å². The average Bonchev–Trinajstić information content (AvgIpc) is 3.14. The van der Waals surface area contributed by atoms with Gasteiger partial charge in [0.2, 0.25) is 0 Å². The maximum absolute atomic E-state index is 6.11. The molecule has 0 aromatic carbocycles. The second-order valence-electron chi connectivity index (χ2n) is 5.16. The van der Waals surface area contributed by atoms with E-state index in [1.54, 1.807) is 0 Å². The number of halogens is 1. The maximum Gasteiger partial charge on any atom is 0.135 e. The number of nitrogens with zero attached hydrogens (tertiary/aromatic N) is 3. The molecule has 0 amide bonds. The van der Waals surface area contributed by atoms with Crippen LogP contribution in [0.15, 0.2) is 6.07 Å². The topological polar surface area (TPSA) is 38.2 Å². The fraction of sp³-hybridized carbons (Fsp3) is 0.692. The van der Waals surface area contributed by atoms with Crippen LogP contribution in [0, 0.1) is 0 Å². The van der Waals surface area contributed by atoms with Crippen molar-refractivity contribution in [3.8, 4) is 0 Å². The largest absolute Gasteiger partial charge is 0.377 e. The summed E-state index contributed by atoms with van der Waals surface area (Å²) in [4.78, 5) is 11.3. The highest BCUT2D eigenvalue weighted by molar-refractivity contribution is 6.29. The van der Waals surface area contributed by atoms with E-state index in [1.807, 2.05) is 6.07 Å². The van der Waals surface area contributed by atoms with E-state index in [9.17, 15) is 0 Å². The van der Waals surface area contributed by atoms with Crippen LogP contribution in [0.3, 0.4) is 0 Å². The summed E-state index contributed by atoms with van der Waals surface area (Å²) in [6.07, 6.45) is 3.66. The molecule has 0 radical (unpaired) electrons. The Morgan fingerprint density at radius 3 is 3.00 bits per heavy atom. The minimum absolute atomic E-state index is 0.241. The van der Waals surface area contributed by atoms with E-state index in [2.05, 4.69) is 21.8 Å². The fourth-order valence-electron chi connectivity index (χ4n) is 2.31. The molecule has 0 N–H and O–H groups in total. The molecule has 1 unspecified atom stereocenters. The highest BCUT2D eigenvalue weighted by atomic mass is 35.5. The van der Waals surface area contributed by atoms with Crippen molar-refractivity contribution in [2.45, 2.75) is 38.2 Å². The van der Waals surface area contributed by atoms with Crippen molar-refractivity contribution in [3.05, 3.63) is 17.0 Å². The van der Waals surface area contributed by atoms with Crippen molar-refractivity contribution in [2.24, 2.45) is 0 Å².